The second-order valence-corrected chi connectivity index (χ2v) is 5.43. The van der Waals surface area contributed by atoms with Crippen LogP contribution in [0, 0.1) is 11.8 Å². The van der Waals surface area contributed by atoms with Crippen LogP contribution in [0.1, 0.15) is 33.1 Å². The minimum atomic E-state index is -0.338. The molecule has 0 radical (unpaired) electrons. The molecule has 4 nitrogen and oxygen atoms in total. The van der Waals surface area contributed by atoms with Gasteiger partial charge in [0.15, 0.2) is 0 Å². The van der Waals surface area contributed by atoms with Crippen LogP contribution in [-0.4, -0.2) is 35.3 Å². The van der Waals surface area contributed by atoms with E-state index in [1.54, 1.807) is 11.0 Å². The minimum Gasteiger partial charge on any atom is -0.342 e. The predicted octanol–water partition coefficient (Wildman–Crippen LogP) is 1.32. The van der Waals surface area contributed by atoms with Crippen molar-refractivity contribution in [1.29, 1.82) is 0 Å². The van der Waals surface area contributed by atoms with Crippen molar-refractivity contribution in [2.75, 3.05) is 6.54 Å². The van der Waals surface area contributed by atoms with Gasteiger partial charge in [-0.2, -0.15) is 0 Å². The van der Waals surface area contributed by atoms with Gasteiger partial charge in [-0.05, 0) is 24.7 Å². The van der Waals surface area contributed by atoms with Gasteiger partial charge in [0.2, 0.25) is 11.8 Å². The lowest BCUT2D eigenvalue weighted by atomic mass is 9.92. The highest BCUT2D eigenvalue weighted by molar-refractivity contribution is 5.97. The topological polar surface area (TPSA) is 49.4 Å². The van der Waals surface area contributed by atoms with Gasteiger partial charge in [-0.3, -0.25) is 9.59 Å². The fraction of sp³-hybridized carbons (Fsp3) is 0.714. The van der Waals surface area contributed by atoms with Crippen LogP contribution in [0.3, 0.4) is 0 Å². The molecule has 2 aliphatic rings. The summed E-state index contributed by atoms with van der Waals surface area (Å²) in [6, 6.07) is -0.631. The molecule has 0 spiro atoms. The van der Waals surface area contributed by atoms with Crippen LogP contribution in [0.15, 0.2) is 12.7 Å². The zero-order valence-electron chi connectivity index (χ0n) is 11.2. The maximum Gasteiger partial charge on any atom is 0.246 e. The Morgan fingerprint density at radius 2 is 2.17 bits per heavy atom. The summed E-state index contributed by atoms with van der Waals surface area (Å²) < 4.78 is 0. The van der Waals surface area contributed by atoms with Gasteiger partial charge in [-0.15, -0.1) is 6.58 Å². The van der Waals surface area contributed by atoms with E-state index in [4.69, 9.17) is 0 Å². The smallest absolute Gasteiger partial charge is 0.246 e. The van der Waals surface area contributed by atoms with Gasteiger partial charge in [0.05, 0.1) is 0 Å². The van der Waals surface area contributed by atoms with Crippen LogP contribution in [-0.2, 0) is 9.59 Å². The third kappa shape index (κ3) is 2.28. The van der Waals surface area contributed by atoms with Gasteiger partial charge in [-0.1, -0.05) is 26.3 Å². The maximum atomic E-state index is 12.4. The lowest BCUT2D eigenvalue weighted by Crippen LogP contribution is -2.65. The first-order chi connectivity index (χ1) is 8.60. The lowest BCUT2D eigenvalue weighted by molar-refractivity contribution is -0.151. The van der Waals surface area contributed by atoms with Gasteiger partial charge in [-0.25, -0.2) is 0 Å². The SMILES string of the molecule is C=CCN1C(=O)C(C2CC2)NC(=O)C1C(C)CC. The summed E-state index contributed by atoms with van der Waals surface area (Å²) in [5.74, 6) is 0.603. The van der Waals surface area contributed by atoms with Crippen molar-refractivity contribution in [1.82, 2.24) is 10.2 Å². The van der Waals surface area contributed by atoms with E-state index in [2.05, 4.69) is 11.9 Å². The Bertz CT molecular complexity index is 363. The molecule has 1 heterocycles. The average Bonchev–Trinajstić information content (AvgIpc) is 3.17. The van der Waals surface area contributed by atoms with E-state index >= 15 is 0 Å². The van der Waals surface area contributed by atoms with E-state index in [9.17, 15) is 9.59 Å². The molecule has 2 amide bonds. The third-order valence-electron chi connectivity index (χ3n) is 4.05. The van der Waals surface area contributed by atoms with Crippen LogP contribution in [0.25, 0.3) is 0 Å². The molecule has 18 heavy (non-hydrogen) atoms. The Morgan fingerprint density at radius 3 is 2.67 bits per heavy atom. The normalized spacial score (nSPS) is 30.0. The molecule has 3 unspecified atom stereocenters. The minimum absolute atomic E-state index is 0.00250. The van der Waals surface area contributed by atoms with Crippen molar-refractivity contribution in [3.63, 3.8) is 0 Å². The Balaban J connectivity index is 2.21. The van der Waals surface area contributed by atoms with E-state index < -0.39 is 0 Å². The van der Waals surface area contributed by atoms with Crippen molar-refractivity contribution in [2.45, 2.75) is 45.2 Å². The summed E-state index contributed by atoms with van der Waals surface area (Å²) >= 11 is 0. The van der Waals surface area contributed by atoms with Gasteiger partial charge in [0.1, 0.15) is 12.1 Å². The molecule has 1 aliphatic heterocycles. The fourth-order valence-corrected chi connectivity index (χ4v) is 2.64. The molecule has 3 atom stereocenters. The second-order valence-electron chi connectivity index (χ2n) is 5.43. The van der Waals surface area contributed by atoms with Crippen molar-refractivity contribution in [3.8, 4) is 0 Å². The number of nitrogens with one attached hydrogen (secondary N) is 1. The zero-order valence-corrected chi connectivity index (χ0v) is 11.2. The summed E-state index contributed by atoms with van der Waals surface area (Å²) in [5.41, 5.74) is 0. The van der Waals surface area contributed by atoms with Crippen LogP contribution >= 0.6 is 0 Å². The van der Waals surface area contributed by atoms with Crippen LogP contribution in [0.2, 0.25) is 0 Å². The summed E-state index contributed by atoms with van der Waals surface area (Å²) in [4.78, 5) is 26.4. The number of piperazine rings is 1. The first kappa shape index (κ1) is 13.1. The molecule has 1 N–H and O–H groups in total. The van der Waals surface area contributed by atoms with Crippen molar-refractivity contribution < 1.29 is 9.59 Å². The number of hydrogen-bond acceptors (Lipinski definition) is 2. The highest BCUT2D eigenvalue weighted by Crippen LogP contribution is 2.35. The number of amides is 2. The maximum absolute atomic E-state index is 12.4. The predicted molar refractivity (Wildman–Crippen MR) is 69.8 cm³/mol. The molecule has 2 rings (SSSR count). The molecule has 0 aromatic carbocycles. The van der Waals surface area contributed by atoms with Crippen LogP contribution in [0.4, 0.5) is 0 Å². The molecule has 4 heteroatoms. The largest absolute Gasteiger partial charge is 0.342 e. The lowest BCUT2D eigenvalue weighted by Gasteiger charge is -2.41. The molecule has 2 fully saturated rings. The second kappa shape index (κ2) is 5.12. The summed E-state index contributed by atoms with van der Waals surface area (Å²) in [5, 5.41) is 2.92. The first-order valence-corrected chi connectivity index (χ1v) is 6.81. The van der Waals surface area contributed by atoms with Crippen molar-refractivity contribution in [2.24, 2.45) is 11.8 Å². The van der Waals surface area contributed by atoms with Crippen LogP contribution in [0.5, 0.6) is 0 Å². The molecular formula is C14H22N2O2. The molecule has 1 aliphatic carbocycles. The van der Waals surface area contributed by atoms with Gasteiger partial charge < -0.3 is 10.2 Å². The molecule has 0 aromatic heterocycles. The first-order valence-electron chi connectivity index (χ1n) is 6.81. The summed E-state index contributed by atoms with van der Waals surface area (Å²) in [7, 11) is 0. The zero-order chi connectivity index (χ0) is 13.3. The van der Waals surface area contributed by atoms with E-state index in [1.807, 2.05) is 13.8 Å². The number of carbonyl (C=O) groups is 2. The average molecular weight is 250 g/mol. The highest BCUT2D eigenvalue weighted by Gasteiger charge is 2.47. The number of rotatable bonds is 5. The quantitative estimate of drug-likeness (QED) is 0.748. The van der Waals surface area contributed by atoms with E-state index in [-0.39, 0.29) is 29.8 Å². The van der Waals surface area contributed by atoms with E-state index in [0.29, 0.717) is 12.5 Å². The standard InChI is InChI=1S/C14H22N2O2/c1-4-8-16-12(9(3)5-2)13(17)15-11(14(16)18)10-6-7-10/h4,9-12H,1,5-8H2,2-3H3,(H,15,17). The highest BCUT2D eigenvalue weighted by atomic mass is 16.2. The molecular weight excluding hydrogens is 228 g/mol. The fourth-order valence-electron chi connectivity index (χ4n) is 2.64. The van der Waals surface area contributed by atoms with E-state index in [1.165, 1.54) is 0 Å². The Morgan fingerprint density at radius 1 is 1.50 bits per heavy atom. The van der Waals surface area contributed by atoms with E-state index in [0.717, 1.165) is 19.3 Å². The van der Waals surface area contributed by atoms with Crippen LogP contribution < -0.4 is 5.32 Å². The molecule has 100 valence electrons. The third-order valence-corrected chi connectivity index (χ3v) is 4.05. The summed E-state index contributed by atoms with van der Waals surface area (Å²) in [6.07, 6.45) is 4.68. The van der Waals surface area contributed by atoms with Crippen molar-refractivity contribution in [3.05, 3.63) is 12.7 Å². The number of nitrogens with zero attached hydrogens (tertiary/aromatic N) is 1. The Labute approximate surface area is 108 Å². The molecule has 1 saturated carbocycles. The van der Waals surface area contributed by atoms with Gasteiger partial charge in [0, 0.05) is 6.54 Å². The van der Waals surface area contributed by atoms with Crippen molar-refractivity contribution >= 4 is 11.8 Å². The Kier molecular flexibility index (Phi) is 3.73. The molecule has 0 aromatic rings. The number of carbonyl (C=O) groups excluding carboxylic acids is 2. The molecule has 0 bridgehead atoms. The Hall–Kier alpha value is -1.32. The van der Waals surface area contributed by atoms with Gasteiger partial charge >= 0.3 is 0 Å². The molecule has 1 saturated heterocycles. The monoisotopic (exact) mass is 250 g/mol. The number of hydrogen-bond donors (Lipinski definition) is 1. The van der Waals surface area contributed by atoms with Gasteiger partial charge in [0.25, 0.3) is 0 Å². The summed E-state index contributed by atoms with van der Waals surface area (Å²) in [6.45, 7) is 8.22.